The number of ether oxygens (including phenoxy) is 1. The third-order valence-electron chi connectivity index (χ3n) is 6.21. The van der Waals surface area contributed by atoms with Crippen LogP contribution in [0, 0.1) is 13.8 Å². The van der Waals surface area contributed by atoms with Crippen LogP contribution in [0.1, 0.15) is 21.7 Å². The number of carbonyl (C=O) groups is 1. The second-order valence-corrected chi connectivity index (χ2v) is 10.2. The topological polar surface area (TPSA) is 118 Å². The van der Waals surface area contributed by atoms with Crippen molar-refractivity contribution < 1.29 is 17.9 Å². The number of hydrogen-bond acceptors (Lipinski definition) is 7. The van der Waals surface area contributed by atoms with E-state index >= 15 is 0 Å². The lowest BCUT2D eigenvalue weighted by Crippen LogP contribution is -2.40. The Labute approximate surface area is 198 Å². The van der Waals surface area contributed by atoms with Gasteiger partial charge in [-0.25, -0.2) is 18.4 Å². The van der Waals surface area contributed by atoms with E-state index in [4.69, 9.17) is 4.74 Å². The number of fused-ring (bicyclic) bond motifs is 1. The van der Waals surface area contributed by atoms with Gasteiger partial charge < -0.3 is 19.9 Å². The number of amides is 1. The van der Waals surface area contributed by atoms with Crippen molar-refractivity contribution in [3.05, 3.63) is 53.5 Å². The van der Waals surface area contributed by atoms with Gasteiger partial charge in [0.25, 0.3) is 5.91 Å². The van der Waals surface area contributed by atoms with Gasteiger partial charge in [-0.05, 0) is 43.7 Å². The fourth-order valence-electron chi connectivity index (χ4n) is 4.57. The van der Waals surface area contributed by atoms with Gasteiger partial charge in [0.05, 0.1) is 23.8 Å². The third kappa shape index (κ3) is 3.95. The Kier molecular flexibility index (Phi) is 5.84. The molecule has 5 rings (SSSR count). The molecular formula is C23H26N6O4S. The number of anilines is 2. The molecule has 3 aromatic rings. The predicted molar refractivity (Wildman–Crippen MR) is 127 cm³/mol. The number of nitrogens with one attached hydrogen (secondary N) is 2. The Morgan fingerprint density at radius 3 is 2.68 bits per heavy atom. The minimum atomic E-state index is -3.61. The van der Waals surface area contributed by atoms with Gasteiger partial charge in [0.1, 0.15) is 5.69 Å². The minimum absolute atomic E-state index is 0.0798. The molecule has 0 unspecified atom stereocenters. The first kappa shape index (κ1) is 22.5. The van der Waals surface area contributed by atoms with Crippen LogP contribution in [-0.4, -0.2) is 66.0 Å². The Balaban J connectivity index is 1.44. The highest BCUT2D eigenvalue weighted by molar-refractivity contribution is 7.89. The van der Waals surface area contributed by atoms with Crippen LogP contribution in [0.5, 0.6) is 0 Å². The lowest BCUT2D eigenvalue weighted by Gasteiger charge is -2.26. The third-order valence-corrected chi connectivity index (χ3v) is 8.11. The minimum Gasteiger partial charge on any atom is -0.379 e. The van der Waals surface area contributed by atoms with Crippen molar-refractivity contribution in [1.29, 1.82) is 0 Å². The van der Waals surface area contributed by atoms with Gasteiger partial charge in [-0.3, -0.25) is 4.79 Å². The van der Waals surface area contributed by atoms with Crippen LogP contribution < -0.4 is 10.6 Å². The zero-order valence-electron chi connectivity index (χ0n) is 19.0. The van der Waals surface area contributed by atoms with Crippen molar-refractivity contribution in [3.63, 3.8) is 0 Å². The van der Waals surface area contributed by atoms with Crippen molar-refractivity contribution in [1.82, 2.24) is 24.2 Å². The summed E-state index contributed by atoms with van der Waals surface area (Å²) >= 11 is 0. The van der Waals surface area contributed by atoms with Crippen LogP contribution in [0.3, 0.4) is 0 Å². The maximum atomic E-state index is 13.0. The van der Waals surface area contributed by atoms with Crippen molar-refractivity contribution in [2.24, 2.45) is 0 Å². The summed E-state index contributed by atoms with van der Waals surface area (Å²) in [6.45, 7) is 6.68. The van der Waals surface area contributed by atoms with Gasteiger partial charge in [-0.2, -0.15) is 4.31 Å². The fraction of sp³-hybridized carbons (Fsp3) is 0.348. The predicted octanol–water partition coefficient (Wildman–Crippen LogP) is 2.07. The highest BCUT2D eigenvalue weighted by Gasteiger charge is 2.28. The Morgan fingerprint density at radius 1 is 1.12 bits per heavy atom. The number of benzene rings is 1. The molecule has 0 atom stereocenters. The summed E-state index contributed by atoms with van der Waals surface area (Å²) in [4.78, 5) is 21.6. The number of sulfonamides is 1. The van der Waals surface area contributed by atoms with Crippen LogP contribution in [0.4, 0.5) is 11.6 Å². The molecule has 1 aromatic carbocycles. The molecule has 178 valence electrons. The molecule has 10 nitrogen and oxygen atoms in total. The molecule has 2 aromatic heterocycles. The smallest absolute Gasteiger partial charge is 0.268 e. The molecule has 1 fully saturated rings. The summed E-state index contributed by atoms with van der Waals surface area (Å²) in [5.41, 5.74) is 4.67. The molecule has 11 heteroatoms. The van der Waals surface area contributed by atoms with Gasteiger partial charge in [-0.1, -0.05) is 6.07 Å². The highest BCUT2D eigenvalue weighted by atomic mass is 32.2. The molecule has 0 radical (unpaired) electrons. The SMILES string of the molecule is Cc1c(-c2ccnc(Nc3cccc(S(=O)(=O)N4CCOCC4)c3)n2)c(C)n2c1C(=O)NCC2. The molecule has 1 amide bonds. The molecular weight excluding hydrogens is 456 g/mol. The second kappa shape index (κ2) is 8.82. The van der Waals surface area contributed by atoms with Gasteiger partial charge in [0, 0.05) is 49.3 Å². The van der Waals surface area contributed by atoms with Crippen LogP contribution in [0.15, 0.2) is 41.4 Å². The van der Waals surface area contributed by atoms with Crippen molar-refractivity contribution in [2.45, 2.75) is 25.3 Å². The summed E-state index contributed by atoms with van der Waals surface area (Å²) in [5.74, 6) is 0.259. The van der Waals surface area contributed by atoms with Gasteiger partial charge >= 0.3 is 0 Å². The van der Waals surface area contributed by atoms with Crippen molar-refractivity contribution in [2.75, 3.05) is 38.2 Å². The fourth-order valence-corrected chi connectivity index (χ4v) is 6.02. The molecule has 2 N–H and O–H groups in total. The first-order valence-electron chi connectivity index (χ1n) is 11.1. The number of rotatable bonds is 5. The second-order valence-electron chi connectivity index (χ2n) is 8.28. The molecule has 0 spiro atoms. The zero-order chi connectivity index (χ0) is 23.9. The molecule has 2 aliphatic heterocycles. The largest absolute Gasteiger partial charge is 0.379 e. The number of carbonyl (C=O) groups excluding carboxylic acids is 1. The molecule has 1 saturated heterocycles. The van der Waals surface area contributed by atoms with Crippen molar-refractivity contribution >= 4 is 27.6 Å². The van der Waals surface area contributed by atoms with E-state index in [1.165, 1.54) is 4.31 Å². The lowest BCUT2D eigenvalue weighted by atomic mass is 10.1. The Hall–Kier alpha value is -3.28. The molecule has 2 aliphatic rings. The molecule has 4 heterocycles. The quantitative estimate of drug-likeness (QED) is 0.571. The van der Waals surface area contributed by atoms with E-state index in [9.17, 15) is 13.2 Å². The number of morpholine rings is 1. The van der Waals surface area contributed by atoms with E-state index in [2.05, 4.69) is 20.6 Å². The summed E-state index contributed by atoms with van der Waals surface area (Å²) < 4.78 is 34.7. The molecule has 0 saturated carbocycles. The van der Waals surface area contributed by atoms with Crippen molar-refractivity contribution in [3.8, 4) is 11.3 Å². The van der Waals surface area contributed by atoms with Gasteiger partial charge in [0.2, 0.25) is 16.0 Å². The zero-order valence-corrected chi connectivity index (χ0v) is 19.9. The van der Waals surface area contributed by atoms with E-state index in [1.807, 2.05) is 24.5 Å². The Morgan fingerprint density at radius 2 is 1.91 bits per heavy atom. The summed E-state index contributed by atoms with van der Waals surface area (Å²) in [6, 6.07) is 8.43. The molecule has 0 aliphatic carbocycles. The van der Waals surface area contributed by atoms with Crippen LogP contribution in [0.2, 0.25) is 0 Å². The summed E-state index contributed by atoms with van der Waals surface area (Å²) in [6.07, 6.45) is 1.65. The number of hydrogen-bond donors (Lipinski definition) is 2. The number of aromatic nitrogens is 3. The standard InChI is InChI=1S/C23H26N6O4S/c1-15-20(16(2)29-9-8-24-22(30)21(15)29)19-6-7-25-23(27-19)26-17-4-3-5-18(14-17)34(31,32)28-10-12-33-13-11-28/h3-7,14H,8-13H2,1-2H3,(H,24,30)(H,25,26,27). The van der Waals surface area contributed by atoms with Crippen LogP contribution in [-0.2, 0) is 21.3 Å². The highest BCUT2D eigenvalue weighted by Crippen LogP contribution is 2.32. The van der Waals surface area contributed by atoms with Crippen LogP contribution >= 0.6 is 0 Å². The van der Waals surface area contributed by atoms with E-state index in [-0.39, 0.29) is 10.8 Å². The van der Waals surface area contributed by atoms with E-state index in [1.54, 1.807) is 30.5 Å². The average molecular weight is 483 g/mol. The average Bonchev–Trinajstić information content (AvgIpc) is 3.11. The number of nitrogens with zero attached hydrogens (tertiary/aromatic N) is 4. The van der Waals surface area contributed by atoms with E-state index in [0.717, 1.165) is 16.8 Å². The molecule has 34 heavy (non-hydrogen) atoms. The normalized spacial score (nSPS) is 16.7. The first-order chi connectivity index (χ1) is 16.4. The monoisotopic (exact) mass is 482 g/mol. The van der Waals surface area contributed by atoms with Crippen LogP contribution in [0.25, 0.3) is 11.3 Å². The van der Waals surface area contributed by atoms with E-state index < -0.39 is 10.0 Å². The van der Waals surface area contributed by atoms with Gasteiger partial charge in [-0.15, -0.1) is 0 Å². The molecule has 0 bridgehead atoms. The summed E-state index contributed by atoms with van der Waals surface area (Å²) in [5, 5.41) is 6.01. The summed E-state index contributed by atoms with van der Waals surface area (Å²) in [7, 11) is -3.61. The van der Waals surface area contributed by atoms with E-state index in [0.29, 0.717) is 62.4 Å². The maximum Gasteiger partial charge on any atom is 0.268 e. The lowest BCUT2D eigenvalue weighted by molar-refractivity contribution is 0.0730. The van der Waals surface area contributed by atoms with Gasteiger partial charge in [0.15, 0.2) is 0 Å². The first-order valence-corrected chi connectivity index (χ1v) is 12.6. The maximum absolute atomic E-state index is 13.0. The Bertz CT molecular complexity index is 1360.